The minimum absolute atomic E-state index is 0.243. The average Bonchev–Trinajstić information content (AvgIpc) is 2.50. The molecule has 0 aliphatic heterocycles. The van der Waals surface area contributed by atoms with Crippen molar-refractivity contribution in [1.29, 1.82) is 0 Å². The number of hydrogen-bond acceptors (Lipinski definition) is 5. The molecule has 0 heterocycles. The van der Waals surface area contributed by atoms with E-state index in [1.165, 1.54) is 6.07 Å². The van der Waals surface area contributed by atoms with Gasteiger partial charge in [0, 0.05) is 0 Å². The topological polar surface area (TPSA) is 53.8 Å². The maximum Gasteiger partial charge on any atom is 0.257 e. The molecule has 2 aromatic rings. The number of benzene rings is 2. The van der Waals surface area contributed by atoms with Crippen LogP contribution < -0.4 is 5.32 Å². The summed E-state index contributed by atoms with van der Waals surface area (Å²) in [5.41, 5.74) is 1.77. The number of carbonyl (C=O) groups excluding carboxylic acids is 1. The van der Waals surface area contributed by atoms with E-state index in [-0.39, 0.29) is 10.6 Å². The van der Waals surface area contributed by atoms with Gasteiger partial charge >= 0.3 is 0 Å². The molecule has 0 saturated carbocycles. The molecule has 0 aliphatic rings. The van der Waals surface area contributed by atoms with E-state index in [4.69, 9.17) is 23.2 Å². The van der Waals surface area contributed by atoms with Gasteiger partial charge in [0.2, 0.25) is 0 Å². The minimum Gasteiger partial charge on any atom is -0.321 e. The highest BCUT2D eigenvalue weighted by molar-refractivity contribution is 7.78. The molecule has 4 nitrogen and oxygen atoms in total. The van der Waals surface area contributed by atoms with Gasteiger partial charge in [-0.05, 0) is 60.8 Å². The highest BCUT2D eigenvalue weighted by Crippen LogP contribution is 2.28. The van der Waals surface area contributed by atoms with Crippen LogP contribution in [0.5, 0.6) is 0 Å². The van der Waals surface area contributed by atoms with Gasteiger partial charge in [-0.25, -0.2) is 0 Å². The standard InChI is InChI=1S/C15H7Cl2N3OS2/c16-12-5-9(18-7-22)1-3-11(12)15(21)20-14-4-2-10(19-8-23)6-13(14)17/h1-6H,(H,20,21). The summed E-state index contributed by atoms with van der Waals surface area (Å²) in [5, 5.41) is 7.72. The zero-order valence-corrected chi connectivity index (χ0v) is 14.5. The number of anilines is 1. The molecule has 0 atom stereocenters. The molecular weight excluding hydrogens is 373 g/mol. The number of nitrogens with one attached hydrogen (secondary N) is 1. The first-order valence-electron chi connectivity index (χ1n) is 6.11. The Morgan fingerprint density at radius 3 is 2.04 bits per heavy atom. The fraction of sp³-hybridized carbons (Fsp3) is 0. The molecule has 0 aliphatic carbocycles. The van der Waals surface area contributed by atoms with Crippen LogP contribution in [0.25, 0.3) is 0 Å². The fourth-order valence-corrected chi connectivity index (χ4v) is 2.42. The molecule has 0 radical (unpaired) electrons. The number of hydrogen-bond donors (Lipinski definition) is 1. The van der Waals surface area contributed by atoms with Crippen molar-refractivity contribution in [3.8, 4) is 0 Å². The first-order chi connectivity index (χ1) is 11.0. The molecule has 114 valence electrons. The SMILES string of the molecule is O=C(Nc1ccc(N=C=S)cc1Cl)c1ccc(N=C=S)cc1Cl. The lowest BCUT2D eigenvalue weighted by Gasteiger charge is -2.09. The molecule has 2 aromatic carbocycles. The van der Waals surface area contributed by atoms with Crippen molar-refractivity contribution in [3.63, 3.8) is 0 Å². The average molecular weight is 380 g/mol. The number of nitrogens with zero attached hydrogens (tertiary/aromatic N) is 2. The lowest BCUT2D eigenvalue weighted by atomic mass is 10.2. The Hall–Kier alpha value is -1.91. The predicted octanol–water partition coefficient (Wildman–Crippen LogP) is 5.71. The zero-order valence-electron chi connectivity index (χ0n) is 11.3. The quantitative estimate of drug-likeness (QED) is 0.546. The van der Waals surface area contributed by atoms with Gasteiger partial charge in [0.05, 0.1) is 43.0 Å². The number of amides is 1. The van der Waals surface area contributed by atoms with Gasteiger partial charge in [0.1, 0.15) is 0 Å². The molecule has 23 heavy (non-hydrogen) atoms. The molecule has 0 aromatic heterocycles. The predicted molar refractivity (Wildman–Crippen MR) is 100 cm³/mol. The number of carbonyl (C=O) groups is 1. The van der Waals surface area contributed by atoms with Gasteiger partial charge in [0.25, 0.3) is 5.91 Å². The van der Waals surface area contributed by atoms with E-state index in [0.717, 1.165) is 0 Å². The van der Waals surface area contributed by atoms with Crippen LogP contribution in [-0.4, -0.2) is 16.2 Å². The summed E-state index contributed by atoms with van der Waals surface area (Å²) in [6.45, 7) is 0. The van der Waals surface area contributed by atoms with Crippen molar-refractivity contribution in [2.75, 3.05) is 5.32 Å². The van der Waals surface area contributed by atoms with Gasteiger partial charge in [-0.1, -0.05) is 23.2 Å². The summed E-state index contributed by atoms with van der Waals surface area (Å²) in [6, 6.07) is 9.51. The van der Waals surface area contributed by atoms with E-state index in [0.29, 0.717) is 22.1 Å². The smallest absolute Gasteiger partial charge is 0.257 e. The van der Waals surface area contributed by atoms with Crippen LogP contribution in [0.15, 0.2) is 46.4 Å². The summed E-state index contributed by atoms with van der Waals surface area (Å²) in [6.07, 6.45) is 0. The summed E-state index contributed by atoms with van der Waals surface area (Å²) >= 11 is 21.2. The van der Waals surface area contributed by atoms with Crippen molar-refractivity contribution < 1.29 is 4.79 Å². The molecule has 0 fully saturated rings. The monoisotopic (exact) mass is 379 g/mol. The van der Waals surface area contributed by atoms with Gasteiger partial charge < -0.3 is 5.32 Å². The Morgan fingerprint density at radius 2 is 1.52 bits per heavy atom. The molecule has 0 saturated heterocycles. The third-order valence-corrected chi connectivity index (χ3v) is 3.56. The Balaban J connectivity index is 2.25. The van der Waals surface area contributed by atoms with E-state index in [2.05, 4.69) is 50.1 Å². The van der Waals surface area contributed by atoms with E-state index in [9.17, 15) is 4.79 Å². The number of thiocarbonyl (C=S) groups is 2. The van der Waals surface area contributed by atoms with E-state index in [1.54, 1.807) is 30.3 Å². The van der Waals surface area contributed by atoms with E-state index < -0.39 is 5.91 Å². The van der Waals surface area contributed by atoms with Crippen LogP contribution in [-0.2, 0) is 0 Å². The number of aliphatic imine (C=N–C) groups is 2. The van der Waals surface area contributed by atoms with Crippen molar-refractivity contribution in [3.05, 3.63) is 52.0 Å². The molecular formula is C15H7Cl2N3OS2. The Bertz CT molecular complexity index is 873. The molecule has 0 unspecified atom stereocenters. The molecule has 1 amide bonds. The van der Waals surface area contributed by atoms with Crippen molar-refractivity contribution in [2.45, 2.75) is 0 Å². The fourth-order valence-electron chi connectivity index (χ4n) is 1.73. The van der Waals surface area contributed by atoms with Crippen LogP contribution in [0.2, 0.25) is 10.0 Å². The largest absolute Gasteiger partial charge is 0.321 e. The summed E-state index contributed by atoms with van der Waals surface area (Å²) in [4.78, 5) is 19.9. The summed E-state index contributed by atoms with van der Waals surface area (Å²) in [5.74, 6) is -0.402. The normalized spacial score (nSPS) is 9.48. The van der Waals surface area contributed by atoms with Gasteiger partial charge in [-0.3, -0.25) is 4.79 Å². The molecule has 2 rings (SSSR count). The number of halogens is 2. The number of rotatable bonds is 4. The second-order valence-corrected chi connectivity index (χ2v) is 5.37. The molecule has 8 heteroatoms. The summed E-state index contributed by atoms with van der Waals surface area (Å²) in [7, 11) is 0. The van der Waals surface area contributed by atoms with Crippen LogP contribution in [0.4, 0.5) is 17.1 Å². The Morgan fingerprint density at radius 1 is 0.957 bits per heavy atom. The van der Waals surface area contributed by atoms with Gasteiger partial charge in [-0.15, -0.1) is 0 Å². The van der Waals surface area contributed by atoms with Crippen LogP contribution in [0.3, 0.4) is 0 Å². The van der Waals surface area contributed by atoms with Crippen molar-refractivity contribution in [2.24, 2.45) is 9.98 Å². The van der Waals surface area contributed by atoms with Crippen molar-refractivity contribution >= 4 is 80.9 Å². The minimum atomic E-state index is -0.402. The van der Waals surface area contributed by atoms with E-state index in [1.807, 2.05) is 0 Å². The highest BCUT2D eigenvalue weighted by Gasteiger charge is 2.13. The van der Waals surface area contributed by atoms with E-state index >= 15 is 0 Å². The second kappa shape index (κ2) is 8.09. The highest BCUT2D eigenvalue weighted by atomic mass is 35.5. The first-order valence-corrected chi connectivity index (χ1v) is 7.68. The third-order valence-electron chi connectivity index (χ3n) is 2.75. The maximum absolute atomic E-state index is 12.3. The van der Waals surface area contributed by atoms with Gasteiger partial charge in [-0.2, -0.15) is 9.98 Å². The molecule has 1 N–H and O–H groups in total. The second-order valence-electron chi connectivity index (χ2n) is 4.19. The van der Waals surface area contributed by atoms with Crippen LogP contribution >= 0.6 is 47.6 Å². The third kappa shape index (κ3) is 4.53. The Labute approximate surface area is 152 Å². The lowest BCUT2D eigenvalue weighted by Crippen LogP contribution is -2.12. The zero-order chi connectivity index (χ0) is 16.8. The summed E-state index contributed by atoms with van der Waals surface area (Å²) < 4.78 is 0. The maximum atomic E-state index is 12.3. The molecule has 0 spiro atoms. The lowest BCUT2D eigenvalue weighted by molar-refractivity contribution is 0.102. The first kappa shape index (κ1) is 17.4. The van der Waals surface area contributed by atoms with Crippen LogP contribution in [0, 0.1) is 0 Å². The van der Waals surface area contributed by atoms with Gasteiger partial charge in [0.15, 0.2) is 0 Å². The molecule has 0 bridgehead atoms. The number of isothiocyanates is 2. The van der Waals surface area contributed by atoms with Crippen molar-refractivity contribution in [1.82, 2.24) is 0 Å². The van der Waals surface area contributed by atoms with Crippen LogP contribution in [0.1, 0.15) is 10.4 Å². The Kier molecular flexibility index (Phi) is 6.13.